The van der Waals surface area contributed by atoms with E-state index in [-0.39, 0.29) is 12.1 Å². The Hall–Kier alpha value is -0.800. The van der Waals surface area contributed by atoms with E-state index >= 15 is 0 Å². The predicted molar refractivity (Wildman–Crippen MR) is 65.2 cm³/mol. The molecule has 90 valence electrons. The largest absolute Gasteiger partial charge is 0.394 e. The maximum absolute atomic E-state index is 9.34. The molecule has 0 atom stereocenters. The van der Waals surface area contributed by atoms with E-state index in [2.05, 4.69) is 35.3 Å². The van der Waals surface area contributed by atoms with Gasteiger partial charge in [0.2, 0.25) is 0 Å². The van der Waals surface area contributed by atoms with Gasteiger partial charge in [-0.2, -0.15) is 0 Å². The van der Waals surface area contributed by atoms with Crippen LogP contribution in [-0.4, -0.2) is 21.8 Å². The SMILES string of the molecule is CCCn1ccc(CNC2(CO)CCC2)c1. The normalized spacial score (nSPS) is 18.4. The van der Waals surface area contributed by atoms with Crippen LogP contribution in [0.25, 0.3) is 0 Å². The number of aliphatic hydroxyl groups is 1. The van der Waals surface area contributed by atoms with E-state index in [0.29, 0.717) is 0 Å². The maximum Gasteiger partial charge on any atom is 0.0613 e. The molecule has 0 radical (unpaired) electrons. The fourth-order valence-electron chi connectivity index (χ4n) is 2.28. The molecule has 0 bridgehead atoms. The molecular formula is C13H22N2O. The van der Waals surface area contributed by atoms with Crippen molar-refractivity contribution in [3.8, 4) is 0 Å². The molecule has 1 fully saturated rings. The van der Waals surface area contributed by atoms with Gasteiger partial charge in [0.15, 0.2) is 0 Å². The number of rotatable bonds is 6. The Balaban J connectivity index is 1.84. The molecule has 1 saturated carbocycles. The summed E-state index contributed by atoms with van der Waals surface area (Å²) in [5.74, 6) is 0. The standard InChI is InChI=1S/C13H22N2O/c1-2-7-15-8-4-12(10-15)9-14-13(11-16)5-3-6-13/h4,8,10,14,16H,2-3,5-7,9,11H2,1H3. The number of nitrogens with one attached hydrogen (secondary N) is 1. The second-order valence-corrected chi connectivity index (χ2v) is 4.90. The fraction of sp³-hybridized carbons (Fsp3) is 0.692. The monoisotopic (exact) mass is 222 g/mol. The van der Waals surface area contributed by atoms with Crippen LogP contribution in [0, 0.1) is 0 Å². The van der Waals surface area contributed by atoms with Crippen LogP contribution in [-0.2, 0) is 13.1 Å². The molecule has 0 spiro atoms. The summed E-state index contributed by atoms with van der Waals surface area (Å²) in [5.41, 5.74) is 1.33. The zero-order valence-electron chi connectivity index (χ0n) is 10.1. The van der Waals surface area contributed by atoms with Gasteiger partial charge in [-0.3, -0.25) is 0 Å². The molecule has 1 aromatic heterocycles. The van der Waals surface area contributed by atoms with Crippen LogP contribution in [0.5, 0.6) is 0 Å². The van der Waals surface area contributed by atoms with Gasteiger partial charge in [0.1, 0.15) is 0 Å². The van der Waals surface area contributed by atoms with Crippen molar-refractivity contribution in [2.24, 2.45) is 0 Å². The summed E-state index contributed by atoms with van der Waals surface area (Å²) in [5, 5.41) is 12.8. The summed E-state index contributed by atoms with van der Waals surface area (Å²) < 4.78 is 2.23. The van der Waals surface area contributed by atoms with Gasteiger partial charge >= 0.3 is 0 Å². The van der Waals surface area contributed by atoms with E-state index in [1.807, 2.05) is 0 Å². The van der Waals surface area contributed by atoms with Crippen LogP contribution in [0.15, 0.2) is 18.5 Å². The number of aromatic nitrogens is 1. The molecule has 1 aliphatic carbocycles. The number of aliphatic hydroxyl groups excluding tert-OH is 1. The lowest BCUT2D eigenvalue weighted by Gasteiger charge is -2.41. The highest BCUT2D eigenvalue weighted by Gasteiger charge is 2.35. The molecule has 0 unspecified atom stereocenters. The summed E-state index contributed by atoms with van der Waals surface area (Å²) in [4.78, 5) is 0. The Morgan fingerprint density at radius 1 is 1.50 bits per heavy atom. The van der Waals surface area contributed by atoms with Crippen molar-refractivity contribution in [3.05, 3.63) is 24.0 Å². The first kappa shape index (κ1) is 11.7. The maximum atomic E-state index is 9.34. The number of hydrogen-bond acceptors (Lipinski definition) is 2. The molecule has 0 amide bonds. The summed E-state index contributed by atoms with van der Waals surface area (Å²) >= 11 is 0. The molecule has 3 heteroatoms. The number of nitrogens with zero attached hydrogens (tertiary/aromatic N) is 1. The smallest absolute Gasteiger partial charge is 0.0613 e. The highest BCUT2D eigenvalue weighted by Crippen LogP contribution is 2.31. The summed E-state index contributed by atoms with van der Waals surface area (Å²) in [6, 6.07) is 2.16. The van der Waals surface area contributed by atoms with Crippen molar-refractivity contribution in [1.29, 1.82) is 0 Å². The van der Waals surface area contributed by atoms with Gasteiger partial charge in [-0.25, -0.2) is 0 Å². The van der Waals surface area contributed by atoms with Crippen LogP contribution >= 0.6 is 0 Å². The average molecular weight is 222 g/mol. The van der Waals surface area contributed by atoms with Gasteiger partial charge in [-0.15, -0.1) is 0 Å². The third-order valence-corrected chi connectivity index (χ3v) is 3.57. The summed E-state index contributed by atoms with van der Waals surface area (Å²) in [7, 11) is 0. The van der Waals surface area contributed by atoms with Crippen LogP contribution in [0.1, 0.15) is 38.2 Å². The third-order valence-electron chi connectivity index (χ3n) is 3.57. The minimum Gasteiger partial charge on any atom is -0.394 e. The Morgan fingerprint density at radius 2 is 2.31 bits per heavy atom. The van der Waals surface area contributed by atoms with Gasteiger partial charge in [0, 0.05) is 31.0 Å². The zero-order chi connectivity index (χ0) is 11.4. The lowest BCUT2D eigenvalue weighted by molar-refractivity contribution is 0.0872. The van der Waals surface area contributed by atoms with Gasteiger partial charge < -0.3 is 15.0 Å². The Kier molecular flexibility index (Phi) is 3.66. The predicted octanol–water partition coefficient (Wildman–Crippen LogP) is 1.90. The zero-order valence-corrected chi connectivity index (χ0v) is 10.1. The molecule has 1 aliphatic rings. The molecule has 2 N–H and O–H groups in total. The lowest BCUT2D eigenvalue weighted by Crippen LogP contribution is -2.53. The quantitative estimate of drug-likeness (QED) is 0.771. The van der Waals surface area contributed by atoms with Crippen LogP contribution < -0.4 is 5.32 Å². The summed E-state index contributed by atoms with van der Waals surface area (Å²) in [6.07, 6.45) is 8.96. The first-order valence-electron chi connectivity index (χ1n) is 6.28. The molecule has 0 aromatic carbocycles. The van der Waals surface area contributed by atoms with Crippen molar-refractivity contribution in [2.45, 2.75) is 51.2 Å². The van der Waals surface area contributed by atoms with Crippen molar-refractivity contribution in [2.75, 3.05) is 6.61 Å². The van der Waals surface area contributed by atoms with Crippen LogP contribution in [0.2, 0.25) is 0 Å². The van der Waals surface area contributed by atoms with Gasteiger partial charge in [0.25, 0.3) is 0 Å². The molecule has 1 heterocycles. The molecular weight excluding hydrogens is 200 g/mol. The first-order chi connectivity index (χ1) is 7.78. The first-order valence-corrected chi connectivity index (χ1v) is 6.28. The second-order valence-electron chi connectivity index (χ2n) is 4.90. The Labute approximate surface area is 97.5 Å². The minimum atomic E-state index is 0.0207. The van der Waals surface area contributed by atoms with Crippen molar-refractivity contribution < 1.29 is 5.11 Å². The Morgan fingerprint density at radius 3 is 2.88 bits per heavy atom. The number of hydrogen-bond donors (Lipinski definition) is 2. The molecule has 1 aromatic rings. The minimum absolute atomic E-state index is 0.0207. The summed E-state index contributed by atoms with van der Waals surface area (Å²) in [6.45, 7) is 4.41. The second kappa shape index (κ2) is 5.02. The van der Waals surface area contributed by atoms with Crippen molar-refractivity contribution >= 4 is 0 Å². The topological polar surface area (TPSA) is 37.2 Å². The number of aryl methyl sites for hydroxylation is 1. The van der Waals surface area contributed by atoms with Gasteiger partial charge in [-0.1, -0.05) is 6.92 Å². The fourth-order valence-corrected chi connectivity index (χ4v) is 2.28. The van der Waals surface area contributed by atoms with Gasteiger partial charge in [-0.05, 0) is 37.3 Å². The average Bonchev–Trinajstić information content (AvgIpc) is 2.66. The molecule has 2 rings (SSSR count). The van der Waals surface area contributed by atoms with E-state index in [1.54, 1.807) is 0 Å². The van der Waals surface area contributed by atoms with Crippen LogP contribution in [0.4, 0.5) is 0 Å². The molecule has 0 aliphatic heterocycles. The molecule has 3 nitrogen and oxygen atoms in total. The van der Waals surface area contributed by atoms with E-state index in [0.717, 1.165) is 25.9 Å². The molecule has 16 heavy (non-hydrogen) atoms. The Bertz CT molecular complexity index is 323. The third kappa shape index (κ3) is 2.47. The molecule has 0 saturated heterocycles. The van der Waals surface area contributed by atoms with Crippen LogP contribution in [0.3, 0.4) is 0 Å². The van der Waals surface area contributed by atoms with E-state index in [4.69, 9.17) is 0 Å². The van der Waals surface area contributed by atoms with Crippen molar-refractivity contribution in [3.63, 3.8) is 0 Å². The van der Waals surface area contributed by atoms with Gasteiger partial charge in [0.05, 0.1) is 6.61 Å². The highest BCUT2D eigenvalue weighted by molar-refractivity contribution is 5.11. The van der Waals surface area contributed by atoms with E-state index < -0.39 is 0 Å². The van der Waals surface area contributed by atoms with E-state index in [1.165, 1.54) is 18.4 Å². The highest BCUT2D eigenvalue weighted by atomic mass is 16.3. The van der Waals surface area contributed by atoms with E-state index in [9.17, 15) is 5.11 Å². The lowest BCUT2D eigenvalue weighted by atomic mass is 9.77. The van der Waals surface area contributed by atoms with Crippen molar-refractivity contribution in [1.82, 2.24) is 9.88 Å².